The summed E-state index contributed by atoms with van der Waals surface area (Å²) in [5, 5.41) is 2.89. The van der Waals surface area contributed by atoms with Crippen LogP contribution < -0.4 is 14.8 Å². The van der Waals surface area contributed by atoms with E-state index in [2.05, 4.69) is 5.32 Å². The summed E-state index contributed by atoms with van der Waals surface area (Å²) in [5.74, 6) is 0.986. The first-order valence-electron chi connectivity index (χ1n) is 10.1. The van der Waals surface area contributed by atoms with Gasteiger partial charge in [-0.1, -0.05) is 17.7 Å². The maximum absolute atomic E-state index is 12.9. The Balaban J connectivity index is 1.61. The highest BCUT2D eigenvalue weighted by molar-refractivity contribution is 7.89. The zero-order valence-electron chi connectivity index (χ0n) is 18.3. The van der Waals surface area contributed by atoms with Crippen LogP contribution in [0.5, 0.6) is 11.5 Å². The van der Waals surface area contributed by atoms with Crippen LogP contribution in [0, 0.1) is 6.92 Å². The predicted molar refractivity (Wildman–Crippen MR) is 119 cm³/mol. The first-order chi connectivity index (χ1) is 14.7. The second-order valence-electron chi connectivity index (χ2n) is 7.52. The number of hydrogen-bond acceptors (Lipinski definition) is 6. The van der Waals surface area contributed by atoms with E-state index in [1.807, 2.05) is 18.7 Å². The molecule has 0 radical (unpaired) electrons. The molecule has 0 unspecified atom stereocenters. The Kier molecular flexibility index (Phi) is 7.19. The molecule has 0 aliphatic carbocycles. The Bertz CT molecular complexity index is 994. The largest absolute Gasteiger partial charge is 0.497 e. The van der Waals surface area contributed by atoms with Crippen molar-refractivity contribution in [2.45, 2.75) is 24.8 Å². The number of hydrogen-bond donors (Lipinski definition) is 1. The normalized spacial score (nSPS) is 16.5. The molecule has 1 aliphatic heterocycles. The lowest BCUT2D eigenvalue weighted by Gasteiger charge is -2.36. The molecule has 1 saturated heterocycles. The van der Waals surface area contributed by atoms with Crippen LogP contribution in [0.4, 0.5) is 5.69 Å². The van der Waals surface area contributed by atoms with Gasteiger partial charge in [-0.3, -0.25) is 9.69 Å². The molecule has 2 aromatic rings. The molecule has 3 rings (SSSR count). The minimum atomic E-state index is -3.53. The Morgan fingerprint density at radius 3 is 2.03 bits per heavy atom. The Hall–Kier alpha value is -2.62. The van der Waals surface area contributed by atoms with E-state index in [4.69, 9.17) is 9.47 Å². The molecule has 2 aromatic carbocycles. The van der Waals surface area contributed by atoms with E-state index in [-0.39, 0.29) is 5.91 Å². The number of amides is 1. The van der Waals surface area contributed by atoms with Gasteiger partial charge in [0.15, 0.2) is 0 Å². The van der Waals surface area contributed by atoms with Crippen LogP contribution in [-0.4, -0.2) is 70.0 Å². The van der Waals surface area contributed by atoms with E-state index in [1.54, 1.807) is 56.7 Å². The van der Waals surface area contributed by atoms with E-state index in [0.29, 0.717) is 48.3 Å². The number of anilines is 1. The third kappa shape index (κ3) is 5.36. The van der Waals surface area contributed by atoms with Crippen molar-refractivity contribution in [3.8, 4) is 11.5 Å². The molecule has 8 nitrogen and oxygen atoms in total. The van der Waals surface area contributed by atoms with Gasteiger partial charge in [0.05, 0.1) is 25.2 Å². The van der Waals surface area contributed by atoms with Gasteiger partial charge in [0, 0.05) is 50.1 Å². The van der Waals surface area contributed by atoms with Crippen LogP contribution in [0.25, 0.3) is 0 Å². The summed E-state index contributed by atoms with van der Waals surface area (Å²) in [6.07, 6.45) is 0. The van der Waals surface area contributed by atoms with E-state index in [0.717, 1.165) is 5.56 Å². The SMILES string of the molecule is COc1cc(NC(=O)[C@H](C)N2CCN(S(=O)(=O)c3ccc(C)cc3)CC2)cc(OC)c1. The summed E-state index contributed by atoms with van der Waals surface area (Å²) in [5.41, 5.74) is 1.59. The summed E-state index contributed by atoms with van der Waals surface area (Å²) in [4.78, 5) is 15.1. The van der Waals surface area contributed by atoms with E-state index < -0.39 is 16.1 Å². The van der Waals surface area contributed by atoms with Crippen LogP contribution >= 0.6 is 0 Å². The molecule has 31 heavy (non-hydrogen) atoms. The van der Waals surface area contributed by atoms with Gasteiger partial charge >= 0.3 is 0 Å². The number of aryl methyl sites for hydroxylation is 1. The van der Waals surface area contributed by atoms with Gasteiger partial charge in [-0.15, -0.1) is 0 Å². The second kappa shape index (κ2) is 9.67. The van der Waals surface area contributed by atoms with Gasteiger partial charge in [0.1, 0.15) is 11.5 Å². The summed E-state index contributed by atoms with van der Waals surface area (Å²) in [7, 11) is -0.436. The minimum Gasteiger partial charge on any atom is -0.497 e. The average Bonchev–Trinajstić information content (AvgIpc) is 2.78. The number of nitrogens with zero attached hydrogens (tertiary/aromatic N) is 2. The van der Waals surface area contributed by atoms with Crippen molar-refractivity contribution in [1.82, 2.24) is 9.21 Å². The number of rotatable bonds is 7. The number of ether oxygens (including phenoxy) is 2. The van der Waals surface area contributed by atoms with Crippen molar-refractivity contribution in [3.63, 3.8) is 0 Å². The third-order valence-corrected chi connectivity index (χ3v) is 7.39. The average molecular weight is 448 g/mol. The van der Waals surface area contributed by atoms with Crippen molar-refractivity contribution >= 4 is 21.6 Å². The number of carbonyl (C=O) groups excluding carboxylic acids is 1. The molecule has 1 N–H and O–H groups in total. The van der Waals surface area contributed by atoms with Gasteiger partial charge in [-0.2, -0.15) is 4.31 Å². The lowest BCUT2D eigenvalue weighted by atomic mass is 10.2. The number of nitrogens with one attached hydrogen (secondary N) is 1. The van der Waals surface area contributed by atoms with Crippen molar-refractivity contribution in [1.29, 1.82) is 0 Å². The van der Waals surface area contributed by atoms with Crippen LogP contribution in [0.1, 0.15) is 12.5 Å². The fraction of sp³-hybridized carbons (Fsp3) is 0.409. The van der Waals surface area contributed by atoms with Gasteiger partial charge in [-0.25, -0.2) is 8.42 Å². The minimum absolute atomic E-state index is 0.176. The molecule has 0 bridgehead atoms. The van der Waals surface area contributed by atoms with Gasteiger partial charge < -0.3 is 14.8 Å². The van der Waals surface area contributed by atoms with Crippen molar-refractivity contribution in [2.24, 2.45) is 0 Å². The molecule has 1 heterocycles. The monoisotopic (exact) mass is 447 g/mol. The number of sulfonamides is 1. The molecule has 1 atom stereocenters. The Labute approximate surface area is 183 Å². The van der Waals surface area contributed by atoms with Gasteiger partial charge in [-0.05, 0) is 26.0 Å². The predicted octanol–water partition coefficient (Wildman–Crippen LogP) is 2.35. The first kappa shape index (κ1) is 23.1. The summed E-state index contributed by atoms with van der Waals surface area (Å²) in [6.45, 7) is 5.35. The molecule has 9 heteroatoms. The fourth-order valence-corrected chi connectivity index (χ4v) is 4.90. The molecule has 1 fully saturated rings. The van der Waals surface area contributed by atoms with Gasteiger partial charge in [0.25, 0.3) is 0 Å². The summed E-state index contributed by atoms with van der Waals surface area (Å²) < 4.78 is 37.7. The standard InChI is InChI=1S/C22H29N3O5S/c1-16-5-7-21(8-6-16)31(27,28)25-11-9-24(10-12-25)17(2)22(26)23-18-13-19(29-3)15-20(14-18)30-4/h5-8,13-15,17H,9-12H2,1-4H3,(H,23,26)/t17-/m0/s1. The highest BCUT2D eigenvalue weighted by atomic mass is 32.2. The zero-order chi connectivity index (χ0) is 22.6. The van der Waals surface area contributed by atoms with E-state index in [9.17, 15) is 13.2 Å². The number of carbonyl (C=O) groups is 1. The fourth-order valence-electron chi connectivity index (χ4n) is 3.48. The van der Waals surface area contributed by atoms with E-state index in [1.165, 1.54) is 4.31 Å². The number of piperazine rings is 1. The van der Waals surface area contributed by atoms with E-state index >= 15 is 0 Å². The zero-order valence-corrected chi connectivity index (χ0v) is 19.1. The Morgan fingerprint density at radius 2 is 1.52 bits per heavy atom. The lowest BCUT2D eigenvalue weighted by Crippen LogP contribution is -2.53. The highest BCUT2D eigenvalue weighted by Gasteiger charge is 2.31. The Morgan fingerprint density at radius 1 is 0.968 bits per heavy atom. The van der Waals surface area contributed by atoms with Crippen molar-refractivity contribution in [3.05, 3.63) is 48.0 Å². The third-order valence-electron chi connectivity index (χ3n) is 5.48. The van der Waals surface area contributed by atoms with Crippen molar-refractivity contribution < 1.29 is 22.7 Å². The maximum Gasteiger partial charge on any atom is 0.243 e. The lowest BCUT2D eigenvalue weighted by molar-refractivity contribution is -0.121. The second-order valence-corrected chi connectivity index (χ2v) is 9.46. The van der Waals surface area contributed by atoms with Crippen LogP contribution in [0.2, 0.25) is 0 Å². The van der Waals surface area contributed by atoms with Crippen LogP contribution in [-0.2, 0) is 14.8 Å². The molecule has 0 aromatic heterocycles. The van der Waals surface area contributed by atoms with Crippen molar-refractivity contribution in [2.75, 3.05) is 45.7 Å². The molecule has 0 saturated carbocycles. The molecular formula is C22H29N3O5S. The summed E-state index contributed by atoms with van der Waals surface area (Å²) in [6, 6.07) is 11.6. The number of methoxy groups -OCH3 is 2. The molecular weight excluding hydrogens is 418 g/mol. The molecule has 0 spiro atoms. The summed E-state index contributed by atoms with van der Waals surface area (Å²) >= 11 is 0. The topological polar surface area (TPSA) is 88.2 Å². The van der Waals surface area contributed by atoms with Crippen LogP contribution in [0.3, 0.4) is 0 Å². The molecule has 1 amide bonds. The van der Waals surface area contributed by atoms with Crippen LogP contribution in [0.15, 0.2) is 47.4 Å². The first-order valence-corrected chi connectivity index (χ1v) is 11.5. The quantitative estimate of drug-likeness (QED) is 0.701. The smallest absolute Gasteiger partial charge is 0.243 e. The maximum atomic E-state index is 12.9. The highest BCUT2D eigenvalue weighted by Crippen LogP contribution is 2.26. The van der Waals surface area contributed by atoms with Gasteiger partial charge in [0.2, 0.25) is 15.9 Å². The number of benzene rings is 2. The molecule has 1 aliphatic rings. The molecule has 168 valence electrons.